The zero-order chi connectivity index (χ0) is 16.0. The molecule has 3 rings (SSSR count). The molecule has 1 N–H and O–H groups in total. The maximum Gasteiger partial charge on any atom is 0.251 e. The monoisotopic (exact) mass is 319 g/mol. The third-order valence-corrected chi connectivity index (χ3v) is 5.12. The van der Waals surface area contributed by atoms with Crippen LogP contribution in [-0.4, -0.2) is 26.9 Å². The van der Waals surface area contributed by atoms with Crippen molar-refractivity contribution < 1.29 is 9.15 Å². The Bertz CT molecular complexity index is 682. The summed E-state index contributed by atoms with van der Waals surface area (Å²) >= 11 is 1.88. The molecule has 2 aromatic rings. The largest absolute Gasteiger partial charge is 0.496 e. The van der Waals surface area contributed by atoms with Crippen LogP contribution in [0.5, 0.6) is 5.75 Å². The molecule has 5 nitrogen and oxygen atoms in total. The second-order valence-corrected chi connectivity index (χ2v) is 8.72. The highest BCUT2D eigenvalue weighted by molar-refractivity contribution is 8.02. The van der Waals surface area contributed by atoms with E-state index in [1.165, 1.54) is 0 Å². The number of nitrogens with zero attached hydrogens (tertiary/aromatic N) is 2. The fourth-order valence-corrected chi connectivity index (χ4v) is 4.68. The number of hydrogen-bond acceptors (Lipinski definition) is 6. The number of nitrogens with one attached hydrogen (secondary N) is 1. The lowest BCUT2D eigenvalue weighted by Gasteiger charge is -2.22. The average Bonchev–Trinajstić information content (AvgIpc) is 3.00. The second kappa shape index (κ2) is 5.28. The Kier molecular flexibility index (Phi) is 3.69. The van der Waals surface area contributed by atoms with Crippen molar-refractivity contribution in [2.45, 2.75) is 43.4 Å². The lowest BCUT2D eigenvalue weighted by molar-refractivity contribution is 0.351. The summed E-state index contributed by atoms with van der Waals surface area (Å²) in [7, 11) is 1.64. The maximum atomic E-state index is 5.95. The van der Waals surface area contributed by atoms with Crippen molar-refractivity contribution in [3.63, 3.8) is 0 Å². The zero-order valence-electron chi connectivity index (χ0n) is 13.5. The van der Waals surface area contributed by atoms with Crippen LogP contribution >= 0.6 is 11.8 Å². The van der Waals surface area contributed by atoms with Gasteiger partial charge in [0, 0.05) is 4.75 Å². The molecular weight excluding hydrogens is 298 g/mol. The Morgan fingerprint density at radius 1 is 1.18 bits per heavy atom. The first kappa shape index (κ1) is 15.4. The number of methoxy groups -OCH3 is 1. The number of ether oxygens (including phenoxy) is 1. The van der Waals surface area contributed by atoms with E-state index in [1.54, 1.807) is 7.11 Å². The fourth-order valence-electron chi connectivity index (χ4n) is 2.91. The van der Waals surface area contributed by atoms with Gasteiger partial charge >= 0.3 is 0 Å². The summed E-state index contributed by atoms with van der Waals surface area (Å²) in [5.41, 5.74) is 0.812. The molecular formula is C16H21N3O2S. The number of para-hydroxylation sites is 1. The second-order valence-electron chi connectivity index (χ2n) is 6.44. The maximum absolute atomic E-state index is 5.95. The number of thioether (sulfide) groups is 1. The van der Waals surface area contributed by atoms with E-state index in [1.807, 2.05) is 36.0 Å². The quantitative estimate of drug-likeness (QED) is 0.932. The lowest BCUT2D eigenvalue weighted by atomic mass is 10.0. The summed E-state index contributed by atoms with van der Waals surface area (Å²) in [6, 6.07) is 7.67. The van der Waals surface area contributed by atoms with E-state index in [0.29, 0.717) is 11.8 Å². The predicted molar refractivity (Wildman–Crippen MR) is 87.9 cm³/mol. The number of aromatic nitrogens is 2. The molecule has 1 aliphatic rings. The van der Waals surface area contributed by atoms with Crippen molar-refractivity contribution in [2.75, 3.05) is 7.11 Å². The van der Waals surface area contributed by atoms with Crippen LogP contribution in [0.15, 0.2) is 28.7 Å². The van der Waals surface area contributed by atoms with Crippen molar-refractivity contribution >= 4 is 11.8 Å². The molecule has 2 heterocycles. The Labute approximate surface area is 134 Å². The molecule has 0 spiro atoms. The van der Waals surface area contributed by atoms with Crippen LogP contribution in [0, 0.1) is 0 Å². The van der Waals surface area contributed by atoms with Crippen LogP contribution in [0.2, 0.25) is 0 Å². The molecule has 6 heteroatoms. The zero-order valence-corrected chi connectivity index (χ0v) is 14.3. The van der Waals surface area contributed by atoms with E-state index in [9.17, 15) is 0 Å². The predicted octanol–water partition coefficient (Wildman–Crippen LogP) is 3.64. The highest BCUT2D eigenvalue weighted by Crippen LogP contribution is 2.50. The van der Waals surface area contributed by atoms with Crippen molar-refractivity contribution in [1.82, 2.24) is 15.5 Å². The first-order chi connectivity index (χ1) is 10.3. The van der Waals surface area contributed by atoms with Gasteiger partial charge in [0.1, 0.15) is 11.8 Å². The molecule has 0 aliphatic carbocycles. The van der Waals surface area contributed by atoms with Crippen molar-refractivity contribution in [2.24, 2.45) is 0 Å². The molecule has 0 amide bonds. The van der Waals surface area contributed by atoms with Gasteiger partial charge < -0.3 is 9.15 Å². The Morgan fingerprint density at radius 3 is 2.55 bits per heavy atom. The van der Waals surface area contributed by atoms with Crippen LogP contribution in [-0.2, 0) is 0 Å². The molecule has 0 unspecified atom stereocenters. The number of rotatable bonds is 3. The molecule has 1 fully saturated rings. The average molecular weight is 319 g/mol. The lowest BCUT2D eigenvalue weighted by Crippen LogP contribution is -2.34. The van der Waals surface area contributed by atoms with Gasteiger partial charge in [0.05, 0.1) is 17.5 Å². The number of benzene rings is 1. The van der Waals surface area contributed by atoms with Crippen LogP contribution in [0.25, 0.3) is 11.5 Å². The van der Waals surface area contributed by atoms with Gasteiger partial charge in [-0.25, -0.2) is 0 Å². The summed E-state index contributed by atoms with van der Waals surface area (Å²) in [6.07, 6.45) is 0. The summed E-state index contributed by atoms with van der Waals surface area (Å²) in [5, 5.41) is 12.0. The Hall–Kier alpha value is -1.53. The topological polar surface area (TPSA) is 60.2 Å². The first-order valence-corrected chi connectivity index (χ1v) is 8.09. The molecule has 1 aromatic carbocycles. The summed E-state index contributed by atoms with van der Waals surface area (Å²) < 4.78 is 11.3. The van der Waals surface area contributed by atoms with E-state index < -0.39 is 0 Å². The van der Waals surface area contributed by atoms with Crippen molar-refractivity contribution in [1.29, 1.82) is 0 Å². The van der Waals surface area contributed by atoms with Crippen LogP contribution < -0.4 is 10.1 Å². The summed E-state index contributed by atoms with van der Waals surface area (Å²) in [4.78, 5) is -0.0206. The SMILES string of the molecule is COc1ccccc1-c1nnc([C@@H]2NC(C)(C)SC2(C)C)o1. The van der Waals surface area contributed by atoms with Crippen LogP contribution in [0.3, 0.4) is 0 Å². The standard InChI is InChI=1S/C16H21N3O2S/c1-15(2)12(17-16(3,4)22-15)14-19-18-13(21-14)10-8-6-7-9-11(10)20-5/h6-9,12,17H,1-5H3/t12-/m0/s1. The molecule has 1 saturated heterocycles. The third-order valence-electron chi connectivity index (χ3n) is 3.73. The van der Waals surface area contributed by atoms with Gasteiger partial charge in [0.2, 0.25) is 5.89 Å². The molecule has 1 aliphatic heterocycles. The molecule has 0 bridgehead atoms. The smallest absolute Gasteiger partial charge is 0.251 e. The van der Waals surface area contributed by atoms with E-state index in [-0.39, 0.29) is 15.7 Å². The van der Waals surface area contributed by atoms with Crippen LogP contribution in [0.4, 0.5) is 0 Å². The summed E-state index contributed by atoms with van der Waals surface area (Å²) in [6.45, 7) is 8.71. The first-order valence-electron chi connectivity index (χ1n) is 7.27. The highest BCUT2D eigenvalue weighted by atomic mass is 32.2. The molecule has 0 saturated carbocycles. The van der Waals surface area contributed by atoms with Gasteiger partial charge in [-0.1, -0.05) is 12.1 Å². The van der Waals surface area contributed by atoms with Gasteiger partial charge in [-0.3, -0.25) is 5.32 Å². The van der Waals surface area contributed by atoms with Crippen LogP contribution in [0.1, 0.15) is 39.6 Å². The molecule has 118 valence electrons. The van der Waals surface area contributed by atoms with E-state index >= 15 is 0 Å². The van der Waals surface area contributed by atoms with Gasteiger partial charge in [0.15, 0.2) is 0 Å². The molecule has 1 aromatic heterocycles. The molecule has 0 radical (unpaired) electrons. The molecule has 1 atom stereocenters. The van der Waals surface area contributed by atoms with Gasteiger partial charge in [-0.05, 0) is 39.8 Å². The number of hydrogen-bond donors (Lipinski definition) is 1. The Morgan fingerprint density at radius 2 is 1.91 bits per heavy atom. The minimum atomic E-state index is -0.0206. The fraction of sp³-hybridized carbons (Fsp3) is 0.500. The van der Waals surface area contributed by atoms with E-state index in [4.69, 9.17) is 9.15 Å². The van der Waals surface area contributed by atoms with E-state index in [0.717, 1.165) is 11.3 Å². The third kappa shape index (κ3) is 2.73. The van der Waals surface area contributed by atoms with Gasteiger partial charge in [-0.2, -0.15) is 0 Å². The van der Waals surface area contributed by atoms with Gasteiger partial charge in [0.25, 0.3) is 5.89 Å². The minimum absolute atomic E-state index is 0.0171. The van der Waals surface area contributed by atoms with Gasteiger partial charge in [-0.15, -0.1) is 22.0 Å². The Balaban J connectivity index is 1.95. The van der Waals surface area contributed by atoms with Crippen molar-refractivity contribution in [3.8, 4) is 17.2 Å². The van der Waals surface area contributed by atoms with E-state index in [2.05, 4.69) is 43.2 Å². The molecule has 22 heavy (non-hydrogen) atoms. The normalized spacial score (nSPS) is 22.7. The summed E-state index contributed by atoms with van der Waals surface area (Å²) in [5.74, 6) is 1.83. The minimum Gasteiger partial charge on any atom is -0.496 e. The van der Waals surface area contributed by atoms with Crippen molar-refractivity contribution in [3.05, 3.63) is 30.2 Å². The highest BCUT2D eigenvalue weighted by Gasteiger charge is 2.48.